The van der Waals surface area contributed by atoms with Crippen LogP contribution in [0.4, 0.5) is 5.69 Å². The van der Waals surface area contributed by atoms with Crippen LogP contribution in [0.2, 0.25) is 0 Å². The average molecular weight is 493 g/mol. The SMILES string of the molecule is CCC(=O)ONC(=O)[C@@H](Nc1ccc(C(N)=NO)cc1)c1ccc(OCc2ccccc2)c(OC)c1. The van der Waals surface area contributed by atoms with Gasteiger partial charge in [-0.25, -0.2) is 4.79 Å². The Bertz CT molecular complexity index is 1200. The molecule has 0 aliphatic carbocycles. The first-order valence-electron chi connectivity index (χ1n) is 11.1. The summed E-state index contributed by atoms with van der Waals surface area (Å²) in [5, 5.41) is 14.9. The van der Waals surface area contributed by atoms with Crippen molar-refractivity contribution in [2.24, 2.45) is 10.9 Å². The van der Waals surface area contributed by atoms with Crippen molar-refractivity contribution in [3.63, 3.8) is 0 Å². The van der Waals surface area contributed by atoms with Crippen molar-refractivity contribution in [3.8, 4) is 11.5 Å². The van der Waals surface area contributed by atoms with E-state index < -0.39 is 17.9 Å². The van der Waals surface area contributed by atoms with E-state index in [9.17, 15) is 9.59 Å². The van der Waals surface area contributed by atoms with Crippen molar-refractivity contribution in [1.82, 2.24) is 5.48 Å². The van der Waals surface area contributed by atoms with Crippen LogP contribution in [-0.4, -0.2) is 30.0 Å². The monoisotopic (exact) mass is 492 g/mol. The maximum Gasteiger partial charge on any atom is 0.331 e. The molecule has 188 valence electrons. The minimum absolute atomic E-state index is 0.0434. The molecule has 3 rings (SSSR count). The summed E-state index contributed by atoms with van der Waals surface area (Å²) in [5.74, 6) is -0.288. The first kappa shape index (κ1) is 25.9. The summed E-state index contributed by atoms with van der Waals surface area (Å²) in [5.41, 5.74) is 10.4. The number of nitrogens with two attached hydrogens (primary N) is 1. The summed E-state index contributed by atoms with van der Waals surface area (Å²) in [6, 6.07) is 20.4. The average Bonchev–Trinajstić information content (AvgIpc) is 2.93. The predicted octanol–water partition coefficient (Wildman–Crippen LogP) is 3.51. The number of nitrogens with one attached hydrogen (secondary N) is 2. The second-order valence-electron chi connectivity index (χ2n) is 7.62. The van der Waals surface area contributed by atoms with Crippen molar-refractivity contribution in [1.29, 1.82) is 0 Å². The summed E-state index contributed by atoms with van der Waals surface area (Å²) in [7, 11) is 1.51. The van der Waals surface area contributed by atoms with Gasteiger partial charge in [0.1, 0.15) is 12.6 Å². The van der Waals surface area contributed by atoms with Crippen LogP contribution < -0.4 is 26.0 Å². The van der Waals surface area contributed by atoms with Gasteiger partial charge in [0, 0.05) is 17.7 Å². The van der Waals surface area contributed by atoms with Crippen LogP contribution in [0.25, 0.3) is 0 Å². The minimum atomic E-state index is -0.957. The van der Waals surface area contributed by atoms with Gasteiger partial charge in [-0.3, -0.25) is 4.79 Å². The summed E-state index contributed by atoms with van der Waals surface area (Å²) < 4.78 is 11.4. The molecule has 0 radical (unpaired) electrons. The maximum absolute atomic E-state index is 13.0. The van der Waals surface area contributed by atoms with Gasteiger partial charge in [0.2, 0.25) is 0 Å². The number of hydroxylamine groups is 1. The molecular formula is C26H28N4O6. The molecule has 0 aliphatic heterocycles. The fraction of sp³-hybridized carbons (Fsp3) is 0.192. The standard InChI is InChI=1S/C26H28N4O6/c1-3-23(31)36-30-26(32)24(28-20-12-9-18(10-13-20)25(27)29-33)19-11-14-21(22(15-19)34-2)35-16-17-7-5-4-6-8-17/h4-15,24,28,33H,3,16H2,1-2H3,(H2,27,29)(H,30,32)/t24-/m0/s1. The third kappa shape index (κ3) is 6.89. The van der Waals surface area contributed by atoms with Crippen molar-refractivity contribution in [2.45, 2.75) is 26.0 Å². The Hall–Kier alpha value is -4.73. The number of anilines is 1. The number of hydrogen-bond acceptors (Lipinski definition) is 8. The lowest BCUT2D eigenvalue weighted by molar-refractivity contribution is -0.158. The molecule has 1 atom stereocenters. The van der Waals surface area contributed by atoms with E-state index in [1.807, 2.05) is 30.3 Å². The van der Waals surface area contributed by atoms with E-state index in [4.69, 9.17) is 25.3 Å². The number of hydrogen-bond donors (Lipinski definition) is 4. The molecule has 3 aromatic rings. The lowest BCUT2D eigenvalue weighted by Gasteiger charge is -2.21. The predicted molar refractivity (Wildman–Crippen MR) is 134 cm³/mol. The van der Waals surface area contributed by atoms with E-state index in [1.54, 1.807) is 49.4 Å². The second kappa shape index (κ2) is 12.7. The van der Waals surface area contributed by atoms with E-state index in [0.717, 1.165) is 5.56 Å². The lowest BCUT2D eigenvalue weighted by Crippen LogP contribution is -2.35. The molecule has 0 saturated heterocycles. The zero-order valence-electron chi connectivity index (χ0n) is 19.9. The number of carbonyl (C=O) groups excluding carboxylic acids is 2. The quantitative estimate of drug-likeness (QED) is 0.146. The summed E-state index contributed by atoms with van der Waals surface area (Å²) in [4.78, 5) is 29.4. The Morgan fingerprint density at radius 2 is 1.75 bits per heavy atom. The van der Waals surface area contributed by atoms with Gasteiger partial charge in [0.05, 0.1) is 7.11 Å². The number of rotatable bonds is 10. The highest BCUT2D eigenvalue weighted by Crippen LogP contribution is 2.32. The topological polar surface area (TPSA) is 144 Å². The second-order valence-corrected chi connectivity index (χ2v) is 7.62. The molecule has 36 heavy (non-hydrogen) atoms. The lowest BCUT2D eigenvalue weighted by atomic mass is 10.0. The fourth-order valence-corrected chi connectivity index (χ4v) is 3.22. The molecule has 10 nitrogen and oxygen atoms in total. The molecule has 0 aromatic heterocycles. The molecule has 0 spiro atoms. The molecule has 1 amide bonds. The number of carbonyl (C=O) groups is 2. The number of nitrogens with zero attached hydrogens (tertiary/aromatic N) is 1. The van der Waals surface area contributed by atoms with Crippen LogP contribution in [-0.2, 0) is 21.0 Å². The van der Waals surface area contributed by atoms with Gasteiger partial charge >= 0.3 is 5.97 Å². The van der Waals surface area contributed by atoms with Gasteiger partial charge in [-0.05, 0) is 47.5 Å². The van der Waals surface area contributed by atoms with Crippen molar-refractivity contribution in [2.75, 3.05) is 12.4 Å². The molecule has 0 saturated carbocycles. The third-order valence-electron chi connectivity index (χ3n) is 5.17. The number of benzene rings is 3. The first-order valence-corrected chi connectivity index (χ1v) is 11.1. The molecule has 5 N–H and O–H groups in total. The van der Waals surface area contributed by atoms with Gasteiger partial charge in [0.15, 0.2) is 17.3 Å². The third-order valence-corrected chi connectivity index (χ3v) is 5.17. The number of oxime groups is 1. The molecule has 0 heterocycles. The maximum atomic E-state index is 13.0. The number of methoxy groups -OCH3 is 1. The normalized spacial score (nSPS) is 11.8. The molecule has 0 aliphatic rings. The Morgan fingerprint density at radius 3 is 2.39 bits per heavy atom. The highest BCUT2D eigenvalue weighted by molar-refractivity contribution is 5.97. The fourth-order valence-electron chi connectivity index (χ4n) is 3.22. The van der Waals surface area contributed by atoms with Gasteiger partial charge in [-0.2, -0.15) is 5.48 Å². The Labute approximate surface area is 208 Å². The van der Waals surface area contributed by atoms with E-state index in [0.29, 0.717) is 34.9 Å². The minimum Gasteiger partial charge on any atom is -0.493 e. The van der Waals surface area contributed by atoms with Crippen LogP contribution in [0, 0.1) is 0 Å². The van der Waals surface area contributed by atoms with Crippen LogP contribution in [0.5, 0.6) is 11.5 Å². The molecular weight excluding hydrogens is 464 g/mol. The highest BCUT2D eigenvalue weighted by atomic mass is 16.7. The van der Waals surface area contributed by atoms with E-state index in [-0.39, 0.29) is 12.3 Å². The Balaban J connectivity index is 1.85. The van der Waals surface area contributed by atoms with Gasteiger partial charge in [0.25, 0.3) is 5.91 Å². The van der Waals surface area contributed by atoms with Crippen LogP contribution in [0.15, 0.2) is 78.0 Å². The van der Waals surface area contributed by atoms with Gasteiger partial charge < -0.3 is 30.6 Å². The van der Waals surface area contributed by atoms with Crippen LogP contribution in [0.3, 0.4) is 0 Å². The molecule has 0 bridgehead atoms. The largest absolute Gasteiger partial charge is 0.493 e. The van der Waals surface area contributed by atoms with Crippen molar-refractivity contribution >= 4 is 23.4 Å². The van der Waals surface area contributed by atoms with E-state index in [1.165, 1.54) is 7.11 Å². The van der Waals surface area contributed by atoms with E-state index in [2.05, 4.69) is 16.0 Å². The summed E-state index contributed by atoms with van der Waals surface area (Å²) >= 11 is 0. The van der Waals surface area contributed by atoms with Crippen LogP contribution in [0.1, 0.15) is 36.1 Å². The smallest absolute Gasteiger partial charge is 0.331 e. The van der Waals surface area contributed by atoms with E-state index >= 15 is 0 Å². The molecule has 0 fully saturated rings. The number of amidine groups is 1. The zero-order chi connectivity index (χ0) is 25.9. The number of amides is 1. The molecule has 3 aromatic carbocycles. The Morgan fingerprint density at radius 1 is 1.03 bits per heavy atom. The first-order chi connectivity index (χ1) is 17.4. The van der Waals surface area contributed by atoms with Crippen molar-refractivity contribution in [3.05, 3.63) is 89.5 Å². The summed E-state index contributed by atoms with van der Waals surface area (Å²) in [6.45, 7) is 1.96. The number of ether oxygens (including phenoxy) is 2. The highest BCUT2D eigenvalue weighted by Gasteiger charge is 2.24. The zero-order valence-corrected chi connectivity index (χ0v) is 19.9. The summed E-state index contributed by atoms with van der Waals surface area (Å²) in [6.07, 6.45) is 0.106. The molecule has 0 unspecified atom stereocenters. The van der Waals surface area contributed by atoms with Crippen LogP contribution >= 0.6 is 0 Å². The van der Waals surface area contributed by atoms with Gasteiger partial charge in [-0.15, -0.1) is 0 Å². The Kier molecular flexibility index (Phi) is 9.10. The molecule has 10 heteroatoms. The van der Waals surface area contributed by atoms with Gasteiger partial charge in [-0.1, -0.05) is 48.5 Å². The van der Waals surface area contributed by atoms with Crippen molar-refractivity contribution < 1.29 is 29.1 Å².